The lowest BCUT2D eigenvalue weighted by Gasteiger charge is -2.37. The van der Waals surface area contributed by atoms with Gasteiger partial charge in [0.05, 0.1) is 6.10 Å². The first-order valence-corrected chi connectivity index (χ1v) is 5.79. The van der Waals surface area contributed by atoms with Crippen LogP contribution in [-0.2, 0) is 5.41 Å². The molecule has 1 saturated carbocycles. The summed E-state index contributed by atoms with van der Waals surface area (Å²) in [6.45, 7) is 0. The molecular weight excluding hydrogens is 184 g/mol. The van der Waals surface area contributed by atoms with E-state index in [1.165, 1.54) is 24.0 Å². The van der Waals surface area contributed by atoms with Crippen LogP contribution in [0.15, 0.2) is 30.3 Å². The number of aliphatic hydroxyl groups excluding tert-OH is 1. The molecule has 15 heavy (non-hydrogen) atoms. The number of fused-ring (bicyclic) bond motifs is 2. The first-order valence-electron chi connectivity index (χ1n) is 5.79. The van der Waals surface area contributed by atoms with E-state index in [4.69, 9.17) is 0 Å². The van der Waals surface area contributed by atoms with E-state index < -0.39 is 0 Å². The summed E-state index contributed by atoms with van der Waals surface area (Å²) in [7, 11) is 0. The van der Waals surface area contributed by atoms with E-state index >= 15 is 0 Å². The zero-order valence-electron chi connectivity index (χ0n) is 8.82. The molecule has 2 aliphatic carbocycles. The third-order valence-electron chi connectivity index (χ3n) is 4.02. The molecule has 1 heteroatoms. The number of benzene rings is 1. The third-order valence-corrected chi connectivity index (χ3v) is 4.02. The first-order chi connectivity index (χ1) is 7.33. The Balaban J connectivity index is 2.18. The maximum atomic E-state index is 10.2. The molecule has 1 atom stereocenters. The summed E-state index contributed by atoms with van der Waals surface area (Å²) in [5, 5.41) is 10.2. The van der Waals surface area contributed by atoms with Crippen LogP contribution in [0, 0.1) is 0 Å². The number of aliphatic hydroxyl groups is 1. The van der Waals surface area contributed by atoms with Crippen molar-refractivity contribution in [3.63, 3.8) is 0 Å². The Labute approximate surface area is 90.4 Å². The minimum Gasteiger partial charge on any atom is -0.388 e. The molecule has 2 aliphatic rings. The summed E-state index contributed by atoms with van der Waals surface area (Å²) >= 11 is 0. The van der Waals surface area contributed by atoms with E-state index in [1.807, 2.05) is 6.08 Å². The molecule has 0 bridgehead atoms. The molecule has 3 rings (SSSR count). The van der Waals surface area contributed by atoms with E-state index in [0.29, 0.717) is 0 Å². The van der Waals surface area contributed by atoms with Crippen LogP contribution >= 0.6 is 0 Å². The SMILES string of the molecule is O[C@@H]1C=Cc2ccccc2C12CCCC2. The summed E-state index contributed by atoms with van der Waals surface area (Å²) in [5.41, 5.74) is 2.69. The second kappa shape index (κ2) is 3.21. The highest BCUT2D eigenvalue weighted by Crippen LogP contribution is 2.47. The maximum Gasteiger partial charge on any atom is 0.0820 e. The van der Waals surface area contributed by atoms with Gasteiger partial charge in [0.25, 0.3) is 0 Å². The largest absolute Gasteiger partial charge is 0.388 e. The Kier molecular flexibility index (Phi) is 1.96. The van der Waals surface area contributed by atoms with Crippen molar-refractivity contribution in [3.8, 4) is 0 Å². The van der Waals surface area contributed by atoms with Crippen molar-refractivity contribution >= 4 is 6.08 Å². The van der Waals surface area contributed by atoms with Gasteiger partial charge in [-0.1, -0.05) is 49.3 Å². The fourth-order valence-electron chi connectivity index (χ4n) is 3.21. The lowest BCUT2D eigenvalue weighted by Crippen LogP contribution is -2.38. The van der Waals surface area contributed by atoms with Crippen LogP contribution in [-0.4, -0.2) is 11.2 Å². The van der Waals surface area contributed by atoms with Crippen molar-refractivity contribution < 1.29 is 5.11 Å². The van der Waals surface area contributed by atoms with Gasteiger partial charge in [-0.3, -0.25) is 0 Å². The zero-order valence-corrected chi connectivity index (χ0v) is 8.82. The molecule has 1 aromatic rings. The molecule has 0 aliphatic heterocycles. The topological polar surface area (TPSA) is 20.2 Å². The molecule has 0 aromatic heterocycles. The fourth-order valence-corrected chi connectivity index (χ4v) is 3.21. The standard InChI is InChI=1S/C14H16O/c15-13-8-7-11-5-1-2-6-12(11)14(13)9-3-4-10-14/h1-2,5-8,13,15H,3-4,9-10H2/t13-/m1/s1. The molecule has 1 aromatic carbocycles. The number of hydrogen-bond acceptors (Lipinski definition) is 1. The molecule has 0 radical (unpaired) electrons. The first kappa shape index (κ1) is 9.17. The predicted octanol–water partition coefficient (Wildman–Crippen LogP) is 2.89. The van der Waals surface area contributed by atoms with Crippen LogP contribution in [0.25, 0.3) is 6.08 Å². The molecule has 1 N–H and O–H groups in total. The van der Waals surface area contributed by atoms with Gasteiger partial charge in [0.15, 0.2) is 0 Å². The third kappa shape index (κ3) is 1.19. The zero-order chi connectivity index (χ0) is 10.3. The molecule has 0 amide bonds. The van der Waals surface area contributed by atoms with Gasteiger partial charge in [0, 0.05) is 5.41 Å². The van der Waals surface area contributed by atoms with Gasteiger partial charge in [0.2, 0.25) is 0 Å². The van der Waals surface area contributed by atoms with Crippen molar-refractivity contribution in [3.05, 3.63) is 41.5 Å². The minimum absolute atomic E-state index is 0.0331. The highest BCUT2D eigenvalue weighted by molar-refractivity contribution is 5.61. The smallest absolute Gasteiger partial charge is 0.0820 e. The van der Waals surface area contributed by atoms with Crippen molar-refractivity contribution in [1.82, 2.24) is 0 Å². The molecule has 1 nitrogen and oxygen atoms in total. The summed E-state index contributed by atoms with van der Waals surface area (Å²) in [6.07, 6.45) is 8.51. The Morgan fingerprint density at radius 2 is 1.87 bits per heavy atom. The van der Waals surface area contributed by atoms with Crippen LogP contribution in [0.1, 0.15) is 36.8 Å². The van der Waals surface area contributed by atoms with Crippen LogP contribution in [0.5, 0.6) is 0 Å². The average molecular weight is 200 g/mol. The summed E-state index contributed by atoms with van der Waals surface area (Å²) in [4.78, 5) is 0. The molecule has 0 saturated heterocycles. The molecule has 1 fully saturated rings. The van der Waals surface area contributed by atoms with E-state index in [-0.39, 0.29) is 11.5 Å². The van der Waals surface area contributed by atoms with E-state index in [2.05, 4.69) is 30.3 Å². The van der Waals surface area contributed by atoms with Gasteiger partial charge < -0.3 is 5.11 Å². The van der Waals surface area contributed by atoms with E-state index in [1.54, 1.807) is 0 Å². The Hall–Kier alpha value is -1.08. The number of rotatable bonds is 0. The van der Waals surface area contributed by atoms with Gasteiger partial charge in [0.1, 0.15) is 0 Å². The molecule has 0 heterocycles. The van der Waals surface area contributed by atoms with Gasteiger partial charge in [-0.15, -0.1) is 0 Å². The molecule has 0 unspecified atom stereocenters. The van der Waals surface area contributed by atoms with E-state index in [0.717, 1.165) is 12.8 Å². The maximum absolute atomic E-state index is 10.2. The lowest BCUT2D eigenvalue weighted by molar-refractivity contribution is 0.123. The second-order valence-electron chi connectivity index (χ2n) is 4.75. The second-order valence-corrected chi connectivity index (χ2v) is 4.75. The van der Waals surface area contributed by atoms with Crippen LogP contribution < -0.4 is 0 Å². The van der Waals surface area contributed by atoms with Crippen LogP contribution in [0.3, 0.4) is 0 Å². The van der Waals surface area contributed by atoms with Crippen molar-refractivity contribution in [2.75, 3.05) is 0 Å². The lowest BCUT2D eigenvalue weighted by atomic mass is 9.69. The monoisotopic (exact) mass is 200 g/mol. The highest BCUT2D eigenvalue weighted by atomic mass is 16.3. The van der Waals surface area contributed by atoms with Crippen molar-refractivity contribution in [1.29, 1.82) is 0 Å². The average Bonchev–Trinajstić information content (AvgIpc) is 2.75. The predicted molar refractivity (Wildman–Crippen MR) is 61.6 cm³/mol. The minimum atomic E-state index is -0.283. The van der Waals surface area contributed by atoms with Crippen LogP contribution in [0.4, 0.5) is 0 Å². The fraction of sp³-hybridized carbons (Fsp3) is 0.429. The van der Waals surface area contributed by atoms with Gasteiger partial charge >= 0.3 is 0 Å². The van der Waals surface area contributed by atoms with Gasteiger partial charge in [-0.05, 0) is 24.0 Å². The normalized spacial score (nSPS) is 26.9. The van der Waals surface area contributed by atoms with Crippen molar-refractivity contribution in [2.45, 2.75) is 37.2 Å². The quantitative estimate of drug-likeness (QED) is 0.682. The Bertz CT molecular complexity index is 400. The van der Waals surface area contributed by atoms with Crippen LogP contribution in [0.2, 0.25) is 0 Å². The van der Waals surface area contributed by atoms with Crippen molar-refractivity contribution in [2.24, 2.45) is 0 Å². The van der Waals surface area contributed by atoms with E-state index in [9.17, 15) is 5.11 Å². The summed E-state index contributed by atoms with van der Waals surface area (Å²) in [5.74, 6) is 0. The Morgan fingerprint density at radius 3 is 2.67 bits per heavy atom. The molecular formula is C14H16O. The number of hydrogen-bond donors (Lipinski definition) is 1. The summed E-state index contributed by atoms with van der Waals surface area (Å²) < 4.78 is 0. The van der Waals surface area contributed by atoms with Gasteiger partial charge in [-0.25, -0.2) is 0 Å². The molecule has 78 valence electrons. The van der Waals surface area contributed by atoms with Gasteiger partial charge in [-0.2, -0.15) is 0 Å². The highest BCUT2D eigenvalue weighted by Gasteiger charge is 2.43. The molecule has 1 spiro atoms. The summed E-state index contributed by atoms with van der Waals surface area (Å²) in [6, 6.07) is 8.50. The Morgan fingerprint density at radius 1 is 1.13 bits per heavy atom.